The van der Waals surface area contributed by atoms with Gasteiger partial charge in [-0.05, 0) is 70.9 Å². The summed E-state index contributed by atoms with van der Waals surface area (Å²) in [5.74, 6) is 0.241. The van der Waals surface area contributed by atoms with Crippen LogP contribution in [-0.4, -0.2) is 37.0 Å². The highest BCUT2D eigenvalue weighted by Gasteiger charge is 2.23. The lowest BCUT2D eigenvalue weighted by atomic mass is 9.94. The second-order valence-corrected chi connectivity index (χ2v) is 15.5. The smallest absolute Gasteiger partial charge is 0.309 e. The van der Waals surface area contributed by atoms with Gasteiger partial charge in [0.15, 0.2) is 0 Å². The second-order valence-electron chi connectivity index (χ2n) is 15.5. The van der Waals surface area contributed by atoms with Crippen molar-refractivity contribution < 1.29 is 24.7 Å². The van der Waals surface area contributed by atoms with Crippen LogP contribution in [0.1, 0.15) is 245 Å². The molecule has 6 nitrogen and oxygen atoms in total. The third-order valence-corrected chi connectivity index (χ3v) is 10.6. The van der Waals surface area contributed by atoms with E-state index in [2.05, 4.69) is 36.0 Å². The second kappa shape index (κ2) is 42.7. The van der Waals surface area contributed by atoms with Crippen molar-refractivity contribution in [1.29, 1.82) is 0 Å². The number of unbranched alkanes of at least 4 members (excludes halogenated alkanes) is 26. The van der Waals surface area contributed by atoms with Crippen molar-refractivity contribution in [2.45, 2.75) is 252 Å². The quantitative estimate of drug-likeness (QED) is 0.0284. The molecule has 50 heavy (non-hydrogen) atoms. The number of esters is 1. The lowest BCUT2D eigenvalue weighted by Gasteiger charge is -2.22. The van der Waals surface area contributed by atoms with E-state index in [0.717, 1.165) is 51.6 Å². The Bertz CT molecular complexity index is 648. The first-order chi connectivity index (χ1) is 24.7. The maximum Gasteiger partial charge on any atom is 0.309 e. The SMILES string of the molecule is CCCCCCCCCCC(CCCCCCCCCCNCCCCCCCOOO)OC(=O)C(CCCCCC)CCCCCCCC. The molecule has 0 aromatic rings. The van der Waals surface area contributed by atoms with Crippen molar-refractivity contribution >= 4 is 5.97 Å². The van der Waals surface area contributed by atoms with E-state index in [1.165, 1.54) is 186 Å². The highest BCUT2D eigenvalue weighted by Crippen LogP contribution is 2.24. The van der Waals surface area contributed by atoms with Gasteiger partial charge in [0.1, 0.15) is 6.10 Å². The summed E-state index contributed by atoms with van der Waals surface area (Å²) in [5, 5.41) is 15.4. The van der Waals surface area contributed by atoms with E-state index >= 15 is 0 Å². The third-order valence-electron chi connectivity index (χ3n) is 10.6. The molecule has 2 atom stereocenters. The third kappa shape index (κ3) is 37.1. The van der Waals surface area contributed by atoms with Crippen molar-refractivity contribution in [2.75, 3.05) is 19.7 Å². The summed E-state index contributed by atoms with van der Waals surface area (Å²) in [7, 11) is 0. The monoisotopic (exact) mass is 712 g/mol. The Kier molecular flexibility index (Phi) is 42.1. The number of hydrogen-bond donors (Lipinski definition) is 2. The Hall–Kier alpha value is -0.690. The van der Waals surface area contributed by atoms with Gasteiger partial charge < -0.3 is 10.1 Å². The zero-order valence-electron chi connectivity index (χ0n) is 34.1. The van der Waals surface area contributed by atoms with Crippen LogP contribution in [0.25, 0.3) is 0 Å². The highest BCUT2D eigenvalue weighted by atomic mass is 17.5. The van der Waals surface area contributed by atoms with Crippen molar-refractivity contribution in [3.63, 3.8) is 0 Å². The standard InChI is InChI=1S/C44H89NO5/c1-4-7-10-13-15-18-23-30-37-43(49-44(46)42(35-28-12-9-6-3)36-29-22-14-11-8-5-2)38-31-24-19-16-17-20-25-32-39-45-40-33-26-21-27-34-41-48-50-47/h42-43,45,47H,4-41H2,1-3H3. The van der Waals surface area contributed by atoms with Gasteiger partial charge in [-0.3, -0.25) is 4.79 Å². The summed E-state index contributed by atoms with van der Waals surface area (Å²) < 4.78 is 6.40. The molecule has 300 valence electrons. The van der Waals surface area contributed by atoms with Gasteiger partial charge in [0, 0.05) is 0 Å². The molecule has 0 aromatic heterocycles. The van der Waals surface area contributed by atoms with E-state index in [9.17, 15) is 4.79 Å². The Morgan fingerprint density at radius 2 is 0.800 bits per heavy atom. The Morgan fingerprint density at radius 3 is 1.22 bits per heavy atom. The van der Waals surface area contributed by atoms with Crippen LogP contribution in [0.3, 0.4) is 0 Å². The van der Waals surface area contributed by atoms with Crippen molar-refractivity contribution in [3.8, 4) is 0 Å². The summed E-state index contributed by atoms with van der Waals surface area (Å²) >= 11 is 0. The van der Waals surface area contributed by atoms with Crippen molar-refractivity contribution in [2.24, 2.45) is 5.92 Å². The molecule has 0 radical (unpaired) electrons. The number of rotatable bonds is 43. The zero-order chi connectivity index (χ0) is 36.4. The Labute approximate surface area is 312 Å². The maximum atomic E-state index is 13.6. The first-order valence-electron chi connectivity index (χ1n) is 22.5. The molecule has 0 amide bonds. The summed E-state index contributed by atoms with van der Waals surface area (Å²) in [6.45, 7) is 9.55. The molecule has 0 spiro atoms. The fourth-order valence-corrected chi connectivity index (χ4v) is 7.18. The molecule has 0 aromatic carbocycles. The van der Waals surface area contributed by atoms with Gasteiger partial charge in [0.25, 0.3) is 0 Å². The fraction of sp³-hybridized carbons (Fsp3) is 0.977. The van der Waals surface area contributed by atoms with Crippen LogP contribution in [-0.2, 0) is 19.5 Å². The largest absolute Gasteiger partial charge is 0.462 e. The number of carbonyl (C=O) groups is 1. The Balaban J connectivity index is 4.37. The molecular formula is C44H89NO5. The lowest BCUT2D eigenvalue weighted by Crippen LogP contribution is -2.25. The molecule has 0 saturated heterocycles. The summed E-state index contributed by atoms with van der Waals surface area (Å²) in [5.41, 5.74) is 0. The van der Waals surface area contributed by atoms with E-state index in [0.29, 0.717) is 6.61 Å². The molecule has 0 bridgehead atoms. The van der Waals surface area contributed by atoms with E-state index < -0.39 is 0 Å². The minimum absolute atomic E-state index is 0.111. The molecule has 2 N–H and O–H groups in total. The van der Waals surface area contributed by atoms with Crippen molar-refractivity contribution in [1.82, 2.24) is 5.32 Å². The van der Waals surface area contributed by atoms with Crippen LogP contribution in [0.15, 0.2) is 0 Å². The molecule has 0 aliphatic carbocycles. The molecule has 2 unspecified atom stereocenters. The lowest BCUT2D eigenvalue weighted by molar-refractivity contribution is -0.490. The van der Waals surface area contributed by atoms with Crippen LogP contribution in [0.4, 0.5) is 0 Å². The summed E-state index contributed by atoms with van der Waals surface area (Å²) in [6.07, 6.45) is 43.7. The zero-order valence-corrected chi connectivity index (χ0v) is 34.1. The van der Waals surface area contributed by atoms with Crippen LogP contribution < -0.4 is 5.32 Å². The van der Waals surface area contributed by atoms with Gasteiger partial charge in [-0.2, -0.15) is 0 Å². The minimum atomic E-state index is 0.111. The van der Waals surface area contributed by atoms with E-state index in [1.807, 2.05) is 0 Å². The Morgan fingerprint density at radius 1 is 0.460 bits per heavy atom. The number of hydrogen-bond acceptors (Lipinski definition) is 6. The van der Waals surface area contributed by atoms with Gasteiger partial charge in [0.05, 0.1) is 12.5 Å². The molecule has 0 aliphatic heterocycles. The molecule has 0 rings (SSSR count). The molecule has 0 fully saturated rings. The first kappa shape index (κ1) is 49.3. The van der Waals surface area contributed by atoms with E-state index in [1.54, 1.807) is 0 Å². The molecule has 0 saturated carbocycles. The minimum Gasteiger partial charge on any atom is -0.462 e. The molecule has 0 aliphatic rings. The van der Waals surface area contributed by atoms with Gasteiger partial charge in [0.2, 0.25) is 0 Å². The van der Waals surface area contributed by atoms with Crippen LogP contribution in [0.2, 0.25) is 0 Å². The van der Waals surface area contributed by atoms with E-state index in [-0.39, 0.29) is 18.0 Å². The molecular weight excluding hydrogens is 622 g/mol. The summed E-state index contributed by atoms with van der Waals surface area (Å²) in [6, 6.07) is 0. The first-order valence-corrected chi connectivity index (χ1v) is 22.5. The van der Waals surface area contributed by atoms with E-state index in [4.69, 9.17) is 9.99 Å². The summed E-state index contributed by atoms with van der Waals surface area (Å²) in [4.78, 5) is 18.1. The molecule has 6 heteroatoms. The predicted octanol–water partition coefficient (Wildman–Crippen LogP) is 14.2. The topological polar surface area (TPSA) is 77.0 Å². The maximum absolute atomic E-state index is 13.6. The van der Waals surface area contributed by atoms with Crippen LogP contribution in [0, 0.1) is 5.92 Å². The van der Waals surface area contributed by atoms with Crippen molar-refractivity contribution in [3.05, 3.63) is 0 Å². The normalized spacial score (nSPS) is 12.8. The average Bonchev–Trinajstić information content (AvgIpc) is 3.12. The van der Waals surface area contributed by atoms with Crippen LogP contribution >= 0.6 is 0 Å². The average molecular weight is 712 g/mol. The highest BCUT2D eigenvalue weighted by molar-refractivity contribution is 5.72. The van der Waals surface area contributed by atoms with Crippen LogP contribution in [0.5, 0.6) is 0 Å². The fourth-order valence-electron chi connectivity index (χ4n) is 7.18. The van der Waals surface area contributed by atoms with Gasteiger partial charge >= 0.3 is 5.97 Å². The predicted molar refractivity (Wildman–Crippen MR) is 215 cm³/mol. The molecule has 0 heterocycles. The van der Waals surface area contributed by atoms with Gasteiger partial charge in [-0.25, -0.2) is 10.1 Å². The van der Waals surface area contributed by atoms with Gasteiger partial charge in [-0.15, -0.1) is 0 Å². The number of carbonyl (C=O) groups excluding carboxylic acids is 1. The number of ether oxygens (including phenoxy) is 1. The van der Waals surface area contributed by atoms with Gasteiger partial charge in [-0.1, -0.05) is 193 Å². The number of nitrogens with one attached hydrogen (secondary N) is 1.